The molecule has 0 aliphatic rings. The molecule has 0 radical (unpaired) electrons. The van der Waals surface area contributed by atoms with Gasteiger partial charge in [0.2, 0.25) is 0 Å². The normalized spacial score (nSPS) is 11.6. The van der Waals surface area contributed by atoms with Gasteiger partial charge in [-0.05, 0) is 42.5 Å². The molecule has 0 spiro atoms. The van der Waals surface area contributed by atoms with Gasteiger partial charge in [0.05, 0.1) is 30.7 Å². The van der Waals surface area contributed by atoms with E-state index in [1.165, 1.54) is 33.8 Å². The zero-order chi connectivity index (χ0) is 21.4. The molecule has 30 heavy (non-hydrogen) atoms. The Morgan fingerprint density at radius 2 is 1.50 bits per heavy atom. The van der Waals surface area contributed by atoms with E-state index in [9.17, 15) is 0 Å². The summed E-state index contributed by atoms with van der Waals surface area (Å²) >= 11 is 0. The predicted octanol–water partition coefficient (Wildman–Crippen LogP) is 5.10. The fraction of sp³-hybridized carbons (Fsp3) is 0.320. The number of benzene rings is 2. The fourth-order valence-corrected chi connectivity index (χ4v) is 4.09. The van der Waals surface area contributed by atoms with Gasteiger partial charge in [0.15, 0.2) is 0 Å². The van der Waals surface area contributed by atoms with Crippen LogP contribution in [-0.2, 0) is 7.05 Å². The molecular formula is C25H30N5+. The van der Waals surface area contributed by atoms with E-state index >= 15 is 0 Å². The largest absolute Gasteiger partial charge is 0.294 e. The lowest BCUT2D eigenvalue weighted by Gasteiger charge is -2.20. The third-order valence-electron chi connectivity index (χ3n) is 5.68. The van der Waals surface area contributed by atoms with Crippen molar-refractivity contribution in [3.63, 3.8) is 0 Å². The van der Waals surface area contributed by atoms with Gasteiger partial charge in [-0.2, -0.15) is 19.6 Å². The number of aromatic nitrogens is 5. The van der Waals surface area contributed by atoms with Crippen molar-refractivity contribution in [3.8, 4) is 22.8 Å². The Hall–Kier alpha value is -3.21. The molecule has 0 aliphatic heterocycles. The lowest BCUT2D eigenvalue weighted by atomic mass is 9.91. The maximum absolute atomic E-state index is 4.37. The first-order chi connectivity index (χ1) is 14.4. The minimum Gasteiger partial charge on any atom is -0.232 e. The Labute approximate surface area is 178 Å². The summed E-state index contributed by atoms with van der Waals surface area (Å²) in [5, 5.41) is 8.73. The summed E-state index contributed by atoms with van der Waals surface area (Å²) in [6.45, 7) is 11.2. The van der Waals surface area contributed by atoms with Gasteiger partial charge in [0, 0.05) is 11.1 Å². The molecule has 0 N–H and O–H groups in total. The van der Waals surface area contributed by atoms with Gasteiger partial charge in [0.1, 0.15) is 18.1 Å². The van der Waals surface area contributed by atoms with Crippen LogP contribution in [0.2, 0.25) is 0 Å². The minimum atomic E-state index is 0.352. The highest BCUT2D eigenvalue weighted by atomic mass is 15.5. The van der Waals surface area contributed by atoms with Gasteiger partial charge in [-0.1, -0.05) is 45.9 Å². The van der Waals surface area contributed by atoms with Gasteiger partial charge in [-0.15, -0.1) is 0 Å². The van der Waals surface area contributed by atoms with Crippen LogP contribution in [0.4, 0.5) is 0 Å². The van der Waals surface area contributed by atoms with Crippen LogP contribution in [0.15, 0.2) is 61.2 Å². The maximum Gasteiger partial charge on any atom is 0.294 e. The van der Waals surface area contributed by atoms with Gasteiger partial charge in [-0.25, -0.2) is 4.57 Å². The summed E-state index contributed by atoms with van der Waals surface area (Å²) in [7, 11) is 2.12. The van der Waals surface area contributed by atoms with E-state index in [2.05, 4.69) is 110 Å². The first-order valence-electron chi connectivity index (χ1n) is 10.6. The van der Waals surface area contributed by atoms with Gasteiger partial charge >= 0.3 is 0 Å². The van der Waals surface area contributed by atoms with Crippen LogP contribution in [0.25, 0.3) is 22.8 Å². The second-order valence-corrected chi connectivity index (χ2v) is 8.52. The third kappa shape index (κ3) is 3.45. The monoisotopic (exact) mass is 400 g/mol. The first-order valence-corrected chi connectivity index (χ1v) is 10.6. The van der Waals surface area contributed by atoms with Gasteiger partial charge < -0.3 is 0 Å². The topological polar surface area (TPSA) is 39.5 Å². The van der Waals surface area contributed by atoms with Crippen molar-refractivity contribution >= 4 is 0 Å². The van der Waals surface area contributed by atoms with Crippen LogP contribution in [0.1, 0.15) is 56.2 Å². The van der Waals surface area contributed by atoms with Crippen LogP contribution in [0, 0.1) is 6.92 Å². The summed E-state index contributed by atoms with van der Waals surface area (Å²) in [6, 6.07) is 13.0. The Morgan fingerprint density at radius 3 is 2.07 bits per heavy atom. The van der Waals surface area contributed by atoms with Crippen LogP contribution in [0.5, 0.6) is 0 Å². The second-order valence-electron chi connectivity index (χ2n) is 8.52. The van der Waals surface area contributed by atoms with Crippen molar-refractivity contribution in [2.75, 3.05) is 0 Å². The molecule has 0 unspecified atom stereocenters. The molecule has 4 rings (SSSR count). The number of hydrogen-bond acceptors (Lipinski definition) is 2. The molecule has 2 aromatic carbocycles. The zero-order valence-electron chi connectivity index (χ0n) is 18.7. The Balaban J connectivity index is 2.04. The number of aryl methyl sites for hydroxylation is 2. The molecular weight excluding hydrogens is 370 g/mol. The van der Waals surface area contributed by atoms with Gasteiger partial charge in [0.25, 0.3) is 5.82 Å². The molecule has 5 nitrogen and oxygen atoms in total. The molecule has 0 atom stereocenters. The van der Waals surface area contributed by atoms with Crippen molar-refractivity contribution in [2.24, 2.45) is 7.05 Å². The van der Waals surface area contributed by atoms with Crippen molar-refractivity contribution in [2.45, 2.75) is 46.5 Å². The minimum absolute atomic E-state index is 0.352. The highest BCUT2D eigenvalue weighted by molar-refractivity contribution is 5.64. The number of nitrogens with zero attached hydrogens (tertiary/aromatic N) is 5. The van der Waals surface area contributed by atoms with Crippen molar-refractivity contribution in [1.29, 1.82) is 0 Å². The molecule has 0 saturated heterocycles. The molecule has 154 valence electrons. The van der Waals surface area contributed by atoms with E-state index in [4.69, 9.17) is 0 Å². The third-order valence-corrected chi connectivity index (χ3v) is 5.68. The highest BCUT2D eigenvalue weighted by Crippen LogP contribution is 2.35. The molecule has 0 saturated carbocycles. The number of imidazole rings is 1. The van der Waals surface area contributed by atoms with E-state index < -0.39 is 0 Å². The smallest absolute Gasteiger partial charge is 0.232 e. The Kier molecular flexibility index (Phi) is 5.29. The van der Waals surface area contributed by atoms with Gasteiger partial charge in [-0.3, -0.25) is 0 Å². The summed E-state index contributed by atoms with van der Waals surface area (Å²) < 4.78 is 4.56. The Morgan fingerprint density at radius 1 is 0.900 bits per heavy atom. The predicted molar refractivity (Wildman–Crippen MR) is 120 cm³/mol. The van der Waals surface area contributed by atoms with Crippen molar-refractivity contribution in [1.82, 2.24) is 19.6 Å². The lowest BCUT2D eigenvalue weighted by Crippen LogP contribution is -2.29. The van der Waals surface area contributed by atoms with Crippen molar-refractivity contribution < 1.29 is 4.57 Å². The van der Waals surface area contributed by atoms with Crippen LogP contribution < -0.4 is 4.57 Å². The molecule has 4 aromatic rings. The van der Waals surface area contributed by atoms with E-state index in [0.717, 1.165) is 5.69 Å². The molecule has 0 amide bonds. The summed E-state index contributed by atoms with van der Waals surface area (Å²) in [5.41, 5.74) is 7.36. The van der Waals surface area contributed by atoms with E-state index in [0.29, 0.717) is 11.8 Å². The highest BCUT2D eigenvalue weighted by Gasteiger charge is 2.27. The maximum atomic E-state index is 4.37. The molecule has 0 bridgehead atoms. The number of rotatable bonds is 5. The van der Waals surface area contributed by atoms with E-state index in [-0.39, 0.29) is 0 Å². The fourth-order valence-electron chi connectivity index (χ4n) is 4.09. The number of hydrogen-bond donors (Lipinski definition) is 0. The SMILES string of the molecule is Cc1ccccc1-c1n(-c2c(C(C)C)cc(-n3nccn3)cc2C(C)C)cc[n+]1C. The molecule has 2 aromatic heterocycles. The Bertz CT molecular complexity index is 1140. The summed E-state index contributed by atoms with van der Waals surface area (Å²) in [5.74, 6) is 1.89. The first kappa shape index (κ1) is 20.1. The average Bonchev–Trinajstić information content (AvgIpc) is 3.37. The van der Waals surface area contributed by atoms with Crippen LogP contribution >= 0.6 is 0 Å². The molecule has 0 fully saturated rings. The van der Waals surface area contributed by atoms with Crippen LogP contribution in [-0.4, -0.2) is 19.6 Å². The van der Waals surface area contributed by atoms with E-state index in [1.54, 1.807) is 17.2 Å². The van der Waals surface area contributed by atoms with Crippen molar-refractivity contribution in [3.05, 3.63) is 77.9 Å². The van der Waals surface area contributed by atoms with Crippen LogP contribution in [0.3, 0.4) is 0 Å². The molecule has 5 heteroatoms. The standard InChI is InChI=1S/C25H30N5/c1-17(2)22-15-20(30-26-11-12-27-30)16-23(18(3)4)24(22)29-14-13-28(6)25(29)21-10-8-7-9-19(21)5/h7-18H,1-6H3/q+1. The molecule has 2 heterocycles. The quantitative estimate of drug-likeness (QED) is 0.437. The second kappa shape index (κ2) is 7.90. The molecule has 0 aliphatic carbocycles. The lowest BCUT2D eigenvalue weighted by molar-refractivity contribution is -0.659. The summed E-state index contributed by atoms with van der Waals surface area (Å²) in [6.07, 6.45) is 7.76. The average molecular weight is 401 g/mol. The zero-order valence-corrected chi connectivity index (χ0v) is 18.7. The van der Waals surface area contributed by atoms with E-state index in [1.807, 2.05) is 0 Å². The summed E-state index contributed by atoms with van der Waals surface area (Å²) in [4.78, 5) is 1.71.